The van der Waals surface area contributed by atoms with E-state index < -0.39 is 6.36 Å². The molecular formula is C20H27F3N2O. The van der Waals surface area contributed by atoms with Crippen LogP contribution in [-0.4, -0.2) is 19.5 Å². The molecule has 1 aliphatic rings. The van der Waals surface area contributed by atoms with Gasteiger partial charge in [0, 0.05) is 11.4 Å². The zero-order valence-corrected chi connectivity index (χ0v) is 15.5. The van der Waals surface area contributed by atoms with Crippen LogP contribution in [0.1, 0.15) is 40.0 Å². The highest BCUT2D eigenvalue weighted by Gasteiger charge is 2.30. The van der Waals surface area contributed by atoms with Gasteiger partial charge in [0.15, 0.2) is 0 Å². The quantitative estimate of drug-likeness (QED) is 0.639. The molecule has 26 heavy (non-hydrogen) atoms. The number of hydrogen-bond donors (Lipinski definition) is 2. The third kappa shape index (κ3) is 6.41. The molecule has 0 radical (unpaired) electrons. The molecular weight excluding hydrogens is 341 g/mol. The van der Waals surface area contributed by atoms with Gasteiger partial charge >= 0.3 is 6.36 Å². The second kappa shape index (κ2) is 9.12. The molecule has 6 heteroatoms. The average Bonchev–Trinajstić information content (AvgIpc) is 2.60. The van der Waals surface area contributed by atoms with Crippen molar-refractivity contribution in [3.05, 3.63) is 47.2 Å². The van der Waals surface area contributed by atoms with Gasteiger partial charge in [-0.25, -0.2) is 0 Å². The minimum atomic E-state index is -4.67. The third-order valence-electron chi connectivity index (χ3n) is 4.60. The Morgan fingerprint density at radius 3 is 2.35 bits per heavy atom. The molecule has 1 aromatic rings. The number of ether oxygens (including phenoxy) is 1. The zero-order valence-electron chi connectivity index (χ0n) is 15.5. The van der Waals surface area contributed by atoms with E-state index in [-0.39, 0.29) is 5.75 Å². The number of rotatable bonds is 6. The number of benzene rings is 1. The van der Waals surface area contributed by atoms with Gasteiger partial charge in [-0.1, -0.05) is 12.5 Å². The van der Waals surface area contributed by atoms with Crippen LogP contribution in [0.2, 0.25) is 0 Å². The van der Waals surface area contributed by atoms with Crippen LogP contribution in [-0.2, 0) is 0 Å². The highest BCUT2D eigenvalue weighted by molar-refractivity contribution is 5.51. The Kier molecular flexibility index (Phi) is 7.14. The maximum absolute atomic E-state index is 12.2. The lowest BCUT2D eigenvalue weighted by Crippen LogP contribution is -2.28. The molecule has 144 valence electrons. The molecule has 1 fully saturated rings. The molecule has 1 aliphatic heterocycles. The number of allylic oxidation sites excluding steroid dienone is 4. The van der Waals surface area contributed by atoms with E-state index in [0.717, 1.165) is 43.7 Å². The molecule has 0 unspecified atom stereocenters. The minimum Gasteiger partial charge on any atom is -0.406 e. The fourth-order valence-electron chi connectivity index (χ4n) is 3.16. The van der Waals surface area contributed by atoms with Gasteiger partial charge < -0.3 is 15.4 Å². The number of halogens is 3. The van der Waals surface area contributed by atoms with Gasteiger partial charge in [-0.15, -0.1) is 13.2 Å². The van der Waals surface area contributed by atoms with Crippen LogP contribution in [0.25, 0.3) is 0 Å². The smallest absolute Gasteiger partial charge is 0.406 e. The van der Waals surface area contributed by atoms with E-state index in [2.05, 4.69) is 35.3 Å². The van der Waals surface area contributed by atoms with E-state index in [0.29, 0.717) is 5.92 Å². The molecule has 0 saturated carbocycles. The molecule has 1 saturated heterocycles. The van der Waals surface area contributed by atoms with E-state index in [4.69, 9.17) is 0 Å². The number of piperidine rings is 1. The van der Waals surface area contributed by atoms with Crippen LogP contribution in [0.5, 0.6) is 5.75 Å². The standard InChI is InChI=1S/C20H27F3N2O/c1-4-14(2)19(16-9-11-24-12-10-16)13-15(3)25-17-5-7-18(8-6-17)26-20(21,22)23/h5-8,13,16,24-25H,4,9-12H2,1-3H3/b15-13-,19-14-. The molecule has 2 rings (SSSR count). The maximum atomic E-state index is 12.2. The summed E-state index contributed by atoms with van der Waals surface area (Å²) < 4.78 is 40.6. The predicted molar refractivity (Wildman–Crippen MR) is 99.1 cm³/mol. The van der Waals surface area contributed by atoms with Crippen molar-refractivity contribution in [2.45, 2.75) is 46.4 Å². The van der Waals surface area contributed by atoms with Crippen molar-refractivity contribution < 1.29 is 17.9 Å². The van der Waals surface area contributed by atoms with Gasteiger partial charge in [-0.05, 0) is 88.0 Å². The SMILES string of the molecule is CC/C(C)=C(/C=C(/C)Nc1ccc(OC(F)(F)F)cc1)C1CCNCC1. The normalized spacial score (nSPS) is 17.7. The lowest BCUT2D eigenvalue weighted by molar-refractivity contribution is -0.274. The summed E-state index contributed by atoms with van der Waals surface area (Å²) in [6, 6.07) is 5.78. The first-order chi connectivity index (χ1) is 12.3. The number of alkyl halides is 3. The van der Waals surface area contributed by atoms with Crippen molar-refractivity contribution in [1.29, 1.82) is 0 Å². The highest BCUT2D eigenvalue weighted by atomic mass is 19.4. The molecule has 3 nitrogen and oxygen atoms in total. The monoisotopic (exact) mass is 368 g/mol. The zero-order chi connectivity index (χ0) is 19.2. The van der Waals surface area contributed by atoms with Gasteiger partial charge in [0.2, 0.25) is 0 Å². The second-order valence-electron chi connectivity index (χ2n) is 6.64. The summed E-state index contributed by atoms with van der Waals surface area (Å²) in [6.45, 7) is 8.37. The van der Waals surface area contributed by atoms with E-state index in [1.807, 2.05) is 6.92 Å². The van der Waals surface area contributed by atoms with Gasteiger partial charge in [0.25, 0.3) is 0 Å². The van der Waals surface area contributed by atoms with E-state index in [1.54, 1.807) is 12.1 Å². The number of anilines is 1. The van der Waals surface area contributed by atoms with Gasteiger partial charge in [0.05, 0.1) is 0 Å². The van der Waals surface area contributed by atoms with Crippen molar-refractivity contribution in [3.63, 3.8) is 0 Å². The van der Waals surface area contributed by atoms with Crippen LogP contribution in [0.3, 0.4) is 0 Å². The van der Waals surface area contributed by atoms with Crippen LogP contribution < -0.4 is 15.4 Å². The first-order valence-corrected chi connectivity index (χ1v) is 9.00. The van der Waals surface area contributed by atoms with Crippen LogP contribution in [0.4, 0.5) is 18.9 Å². The van der Waals surface area contributed by atoms with Gasteiger partial charge in [-0.2, -0.15) is 0 Å². The highest BCUT2D eigenvalue weighted by Crippen LogP contribution is 2.28. The molecule has 0 aliphatic carbocycles. The summed E-state index contributed by atoms with van der Waals surface area (Å²) in [4.78, 5) is 0. The fraction of sp³-hybridized carbons (Fsp3) is 0.500. The summed E-state index contributed by atoms with van der Waals surface area (Å²) in [6.07, 6.45) is 0.762. The molecule has 0 spiro atoms. The molecule has 1 heterocycles. The van der Waals surface area contributed by atoms with Crippen LogP contribution in [0, 0.1) is 5.92 Å². The average molecular weight is 368 g/mol. The number of hydrogen-bond acceptors (Lipinski definition) is 3. The molecule has 0 aromatic heterocycles. The van der Waals surface area contributed by atoms with Crippen molar-refractivity contribution >= 4 is 5.69 Å². The first-order valence-electron chi connectivity index (χ1n) is 9.00. The second-order valence-corrected chi connectivity index (χ2v) is 6.64. The maximum Gasteiger partial charge on any atom is 0.573 e. The number of nitrogens with one attached hydrogen (secondary N) is 2. The van der Waals surface area contributed by atoms with Crippen molar-refractivity contribution in [3.8, 4) is 5.75 Å². The minimum absolute atomic E-state index is 0.221. The Morgan fingerprint density at radius 2 is 1.81 bits per heavy atom. The summed E-state index contributed by atoms with van der Waals surface area (Å²) in [5.74, 6) is 0.331. The fourth-order valence-corrected chi connectivity index (χ4v) is 3.16. The molecule has 0 bridgehead atoms. The Bertz CT molecular complexity index is 642. The van der Waals surface area contributed by atoms with Crippen molar-refractivity contribution in [1.82, 2.24) is 5.32 Å². The van der Waals surface area contributed by atoms with Crippen LogP contribution in [0.15, 0.2) is 47.2 Å². The van der Waals surface area contributed by atoms with Crippen molar-refractivity contribution in [2.24, 2.45) is 5.92 Å². The Labute approximate surface area is 153 Å². The summed E-state index contributed by atoms with van der Waals surface area (Å²) in [5, 5.41) is 6.65. The Balaban J connectivity index is 2.09. The summed E-state index contributed by atoms with van der Waals surface area (Å²) in [7, 11) is 0. The molecule has 2 N–H and O–H groups in total. The largest absolute Gasteiger partial charge is 0.573 e. The Hall–Kier alpha value is -1.95. The predicted octanol–water partition coefficient (Wildman–Crippen LogP) is 5.63. The lowest BCUT2D eigenvalue weighted by Gasteiger charge is -2.26. The molecule has 0 amide bonds. The lowest BCUT2D eigenvalue weighted by atomic mass is 9.86. The van der Waals surface area contributed by atoms with E-state index in [1.165, 1.54) is 23.3 Å². The summed E-state index contributed by atoms with van der Waals surface area (Å²) in [5.41, 5.74) is 4.45. The first kappa shape index (κ1) is 20.4. The Morgan fingerprint density at radius 1 is 1.19 bits per heavy atom. The van der Waals surface area contributed by atoms with Gasteiger partial charge in [0.1, 0.15) is 5.75 Å². The molecule has 0 atom stereocenters. The van der Waals surface area contributed by atoms with Gasteiger partial charge in [-0.3, -0.25) is 0 Å². The van der Waals surface area contributed by atoms with Crippen molar-refractivity contribution in [2.75, 3.05) is 18.4 Å². The van der Waals surface area contributed by atoms with E-state index >= 15 is 0 Å². The van der Waals surface area contributed by atoms with Crippen LogP contribution >= 0.6 is 0 Å². The third-order valence-corrected chi connectivity index (χ3v) is 4.60. The topological polar surface area (TPSA) is 33.3 Å². The van der Waals surface area contributed by atoms with E-state index in [9.17, 15) is 13.2 Å². The summed E-state index contributed by atoms with van der Waals surface area (Å²) >= 11 is 0. The molecule has 1 aromatic carbocycles.